The molecule has 1 N–H and O–H groups in total. The fourth-order valence-corrected chi connectivity index (χ4v) is 2.97. The molecule has 2 rings (SSSR count). The number of carbonyl (C=O) groups excluding carboxylic acids is 2. The summed E-state index contributed by atoms with van der Waals surface area (Å²) in [6, 6.07) is 10.9. The van der Waals surface area contributed by atoms with Gasteiger partial charge < -0.3 is 14.8 Å². The van der Waals surface area contributed by atoms with Gasteiger partial charge in [0, 0.05) is 6.26 Å². The second kappa shape index (κ2) is 8.58. The molecule has 0 radical (unpaired) electrons. The third kappa shape index (κ3) is 5.74. The first-order valence-corrected chi connectivity index (χ1v) is 9.37. The molecule has 0 aliphatic rings. The molecule has 10 heteroatoms. The second-order valence-electron chi connectivity index (χ2n) is 5.27. The highest BCUT2D eigenvalue weighted by Gasteiger charge is 2.19. The monoisotopic (exact) mass is 399 g/mol. The van der Waals surface area contributed by atoms with Crippen LogP contribution in [0.25, 0.3) is 0 Å². The summed E-state index contributed by atoms with van der Waals surface area (Å²) in [6.07, 6.45) is 0.984. The Labute approximate surface area is 153 Å². The number of rotatable bonds is 7. The van der Waals surface area contributed by atoms with E-state index >= 15 is 0 Å². The number of anilines is 1. The first kappa shape index (κ1) is 20.3. The standard InChI is InChI=1S/C17H15F2NO6S/c1-27(23,24)14-9-5-3-7-12(14)20-15(21)10-25-16(22)11-6-2-4-8-13(11)26-17(18)19/h2-9,17H,10H2,1H3,(H,20,21). The largest absolute Gasteiger partial charge is 0.452 e. The summed E-state index contributed by atoms with van der Waals surface area (Å²) in [7, 11) is -3.58. The minimum atomic E-state index is -3.58. The summed E-state index contributed by atoms with van der Waals surface area (Å²) in [4.78, 5) is 23.9. The minimum absolute atomic E-state index is 0.0301. The van der Waals surface area contributed by atoms with E-state index in [2.05, 4.69) is 10.1 Å². The van der Waals surface area contributed by atoms with Gasteiger partial charge in [0.25, 0.3) is 5.91 Å². The topological polar surface area (TPSA) is 98.8 Å². The van der Waals surface area contributed by atoms with E-state index in [1.54, 1.807) is 0 Å². The van der Waals surface area contributed by atoms with Gasteiger partial charge in [0.1, 0.15) is 11.3 Å². The van der Waals surface area contributed by atoms with E-state index < -0.39 is 34.9 Å². The number of amides is 1. The van der Waals surface area contributed by atoms with Gasteiger partial charge in [0.2, 0.25) is 0 Å². The smallest absolute Gasteiger partial charge is 0.387 e. The highest BCUT2D eigenvalue weighted by Crippen LogP contribution is 2.22. The van der Waals surface area contributed by atoms with Crippen molar-refractivity contribution in [3.63, 3.8) is 0 Å². The van der Waals surface area contributed by atoms with Crippen molar-refractivity contribution < 1.29 is 36.3 Å². The van der Waals surface area contributed by atoms with Gasteiger partial charge in [-0.1, -0.05) is 24.3 Å². The van der Waals surface area contributed by atoms with Crippen LogP contribution < -0.4 is 10.1 Å². The average molecular weight is 399 g/mol. The predicted octanol–water partition coefficient (Wildman–Crippen LogP) is 2.49. The molecule has 27 heavy (non-hydrogen) atoms. The average Bonchev–Trinajstić information content (AvgIpc) is 2.59. The summed E-state index contributed by atoms with van der Waals surface area (Å²) in [5.74, 6) is -2.23. The number of benzene rings is 2. The fourth-order valence-electron chi connectivity index (χ4n) is 2.12. The van der Waals surface area contributed by atoms with Crippen LogP contribution in [0.4, 0.5) is 14.5 Å². The van der Waals surface area contributed by atoms with E-state index in [4.69, 9.17) is 4.74 Å². The molecule has 0 saturated heterocycles. The number of alkyl halides is 2. The van der Waals surface area contributed by atoms with Crippen molar-refractivity contribution in [2.24, 2.45) is 0 Å². The number of halogens is 2. The Kier molecular flexibility index (Phi) is 6.45. The van der Waals surface area contributed by atoms with Gasteiger partial charge in [0.15, 0.2) is 16.4 Å². The zero-order valence-electron chi connectivity index (χ0n) is 14.0. The maximum atomic E-state index is 12.4. The Hall–Kier alpha value is -3.01. The molecule has 2 aromatic rings. The van der Waals surface area contributed by atoms with Crippen molar-refractivity contribution in [2.45, 2.75) is 11.5 Å². The fraction of sp³-hybridized carbons (Fsp3) is 0.176. The first-order valence-electron chi connectivity index (χ1n) is 7.48. The number of sulfone groups is 1. The van der Waals surface area contributed by atoms with Crippen LogP contribution in [-0.2, 0) is 19.4 Å². The zero-order valence-corrected chi connectivity index (χ0v) is 14.8. The zero-order chi connectivity index (χ0) is 20.0. The number of nitrogens with one attached hydrogen (secondary N) is 1. The number of para-hydroxylation sites is 2. The Morgan fingerprint density at radius 2 is 1.70 bits per heavy atom. The lowest BCUT2D eigenvalue weighted by Gasteiger charge is -2.11. The van der Waals surface area contributed by atoms with Gasteiger partial charge in [-0.25, -0.2) is 13.2 Å². The summed E-state index contributed by atoms with van der Waals surface area (Å²) in [5.41, 5.74) is -0.246. The molecule has 1 amide bonds. The molecule has 0 atom stereocenters. The summed E-state index contributed by atoms with van der Waals surface area (Å²) >= 11 is 0. The van der Waals surface area contributed by atoms with Crippen molar-refractivity contribution in [3.05, 3.63) is 54.1 Å². The van der Waals surface area contributed by atoms with Crippen molar-refractivity contribution in [1.82, 2.24) is 0 Å². The molecule has 2 aromatic carbocycles. The molecule has 0 aromatic heterocycles. The van der Waals surface area contributed by atoms with Crippen LogP contribution in [0.1, 0.15) is 10.4 Å². The van der Waals surface area contributed by atoms with Crippen LogP contribution in [0.15, 0.2) is 53.4 Å². The number of hydrogen-bond acceptors (Lipinski definition) is 6. The van der Waals surface area contributed by atoms with Gasteiger partial charge >= 0.3 is 12.6 Å². The van der Waals surface area contributed by atoms with Crippen LogP contribution in [0.2, 0.25) is 0 Å². The summed E-state index contributed by atoms with van der Waals surface area (Å²) in [6.45, 7) is -3.88. The van der Waals surface area contributed by atoms with Gasteiger partial charge in [-0.2, -0.15) is 8.78 Å². The Morgan fingerprint density at radius 3 is 2.37 bits per heavy atom. The van der Waals surface area contributed by atoms with Crippen LogP contribution in [0.5, 0.6) is 5.75 Å². The second-order valence-corrected chi connectivity index (χ2v) is 7.25. The molecule has 0 unspecified atom stereocenters. The van der Waals surface area contributed by atoms with E-state index in [-0.39, 0.29) is 21.9 Å². The van der Waals surface area contributed by atoms with Crippen LogP contribution in [0.3, 0.4) is 0 Å². The van der Waals surface area contributed by atoms with E-state index in [0.29, 0.717) is 0 Å². The minimum Gasteiger partial charge on any atom is -0.452 e. The molecule has 7 nitrogen and oxygen atoms in total. The molecule has 0 spiro atoms. The molecule has 0 aliphatic heterocycles. The number of esters is 1. The quantitative estimate of drug-likeness (QED) is 0.719. The lowest BCUT2D eigenvalue weighted by Crippen LogP contribution is -2.22. The Balaban J connectivity index is 2.04. The van der Waals surface area contributed by atoms with Crippen molar-refractivity contribution in [1.29, 1.82) is 0 Å². The SMILES string of the molecule is CS(=O)(=O)c1ccccc1NC(=O)COC(=O)c1ccccc1OC(F)F. The van der Waals surface area contributed by atoms with Gasteiger partial charge in [0.05, 0.1) is 10.6 Å². The molecule has 0 heterocycles. The highest BCUT2D eigenvalue weighted by molar-refractivity contribution is 7.90. The van der Waals surface area contributed by atoms with E-state index in [1.165, 1.54) is 42.5 Å². The molecular weight excluding hydrogens is 384 g/mol. The van der Waals surface area contributed by atoms with Crippen molar-refractivity contribution in [2.75, 3.05) is 18.2 Å². The Bertz CT molecular complexity index is 946. The molecule has 0 aliphatic carbocycles. The lowest BCUT2D eigenvalue weighted by atomic mass is 10.2. The first-order chi connectivity index (χ1) is 12.7. The van der Waals surface area contributed by atoms with Gasteiger partial charge in [-0.05, 0) is 24.3 Å². The number of carbonyl (C=O) groups is 2. The molecule has 0 fully saturated rings. The predicted molar refractivity (Wildman–Crippen MR) is 91.5 cm³/mol. The third-order valence-electron chi connectivity index (χ3n) is 3.22. The third-order valence-corrected chi connectivity index (χ3v) is 4.37. The summed E-state index contributed by atoms with van der Waals surface area (Å²) in [5, 5.41) is 2.32. The van der Waals surface area contributed by atoms with E-state index in [0.717, 1.165) is 12.3 Å². The summed E-state index contributed by atoms with van der Waals surface area (Å²) < 4.78 is 57.1. The number of hydrogen-bond donors (Lipinski definition) is 1. The van der Waals surface area contributed by atoms with Crippen molar-refractivity contribution in [3.8, 4) is 5.75 Å². The van der Waals surface area contributed by atoms with Crippen molar-refractivity contribution >= 4 is 27.4 Å². The maximum absolute atomic E-state index is 12.4. The van der Waals surface area contributed by atoms with Gasteiger partial charge in [-0.15, -0.1) is 0 Å². The molecular formula is C17H15F2NO6S. The van der Waals surface area contributed by atoms with Crippen LogP contribution in [-0.4, -0.2) is 39.8 Å². The van der Waals surface area contributed by atoms with Gasteiger partial charge in [-0.3, -0.25) is 4.79 Å². The maximum Gasteiger partial charge on any atom is 0.387 e. The van der Waals surface area contributed by atoms with E-state index in [9.17, 15) is 26.8 Å². The highest BCUT2D eigenvalue weighted by atomic mass is 32.2. The van der Waals surface area contributed by atoms with Crippen LogP contribution in [0, 0.1) is 0 Å². The Morgan fingerprint density at radius 1 is 1.07 bits per heavy atom. The van der Waals surface area contributed by atoms with E-state index in [1.807, 2.05) is 0 Å². The molecule has 0 saturated carbocycles. The van der Waals surface area contributed by atoms with Crippen LogP contribution >= 0.6 is 0 Å². The molecule has 0 bridgehead atoms. The lowest BCUT2D eigenvalue weighted by molar-refractivity contribution is -0.119. The molecule has 144 valence electrons. The normalized spacial score (nSPS) is 11.1. The number of ether oxygens (including phenoxy) is 2.